The van der Waals surface area contributed by atoms with Gasteiger partial charge in [0, 0.05) is 6.61 Å². The van der Waals surface area contributed by atoms with Crippen molar-refractivity contribution < 1.29 is 24.5 Å². The van der Waals surface area contributed by atoms with E-state index in [2.05, 4.69) is 0 Å². The molecule has 0 aromatic rings. The molecule has 5 heteroatoms. The zero-order chi connectivity index (χ0) is 15.1. The first-order valence-electron chi connectivity index (χ1n) is 6.78. The first-order chi connectivity index (χ1) is 8.69. The summed E-state index contributed by atoms with van der Waals surface area (Å²) in [4.78, 5) is 22.4. The molecule has 0 amide bonds. The largest absolute Gasteiger partial charge is 0.481 e. The van der Waals surface area contributed by atoms with E-state index in [1.807, 2.05) is 27.7 Å². The van der Waals surface area contributed by atoms with Gasteiger partial charge in [0.1, 0.15) is 0 Å². The van der Waals surface area contributed by atoms with Gasteiger partial charge < -0.3 is 14.9 Å². The van der Waals surface area contributed by atoms with Crippen LogP contribution in [0.4, 0.5) is 0 Å². The number of rotatable bonds is 10. The molecule has 19 heavy (non-hydrogen) atoms. The molecule has 0 saturated heterocycles. The van der Waals surface area contributed by atoms with Crippen molar-refractivity contribution in [3.8, 4) is 0 Å². The van der Waals surface area contributed by atoms with Crippen molar-refractivity contribution in [1.29, 1.82) is 0 Å². The molecule has 0 fully saturated rings. The number of carbonyl (C=O) groups is 2. The normalized spacial score (nSPS) is 14.6. The Balaban J connectivity index is 4.81. The lowest BCUT2D eigenvalue weighted by Gasteiger charge is -2.29. The Kier molecular flexibility index (Phi) is 7.68. The Hall–Kier alpha value is -1.10. The third-order valence-electron chi connectivity index (χ3n) is 3.03. The van der Waals surface area contributed by atoms with Gasteiger partial charge in [-0.1, -0.05) is 27.7 Å². The average Bonchev–Trinajstić information content (AvgIpc) is 2.23. The molecule has 0 aliphatic rings. The first kappa shape index (κ1) is 17.9. The molecular weight excluding hydrogens is 248 g/mol. The van der Waals surface area contributed by atoms with Crippen molar-refractivity contribution in [3.63, 3.8) is 0 Å². The van der Waals surface area contributed by atoms with Crippen LogP contribution < -0.4 is 0 Å². The van der Waals surface area contributed by atoms with Crippen LogP contribution in [0, 0.1) is 11.8 Å². The van der Waals surface area contributed by atoms with Gasteiger partial charge in [-0.2, -0.15) is 0 Å². The molecule has 0 radical (unpaired) electrons. The molecule has 0 aliphatic carbocycles. The summed E-state index contributed by atoms with van der Waals surface area (Å²) >= 11 is 0. The Morgan fingerprint density at radius 2 is 1.58 bits per heavy atom. The lowest BCUT2D eigenvalue weighted by molar-refractivity contribution is -0.175. The molecule has 2 N–H and O–H groups in total. The maximum atomic E-state index is 11.5. The molecule has 0 aromatic heterocycles. The number of hydrogen-bond donors (Lipinski definition) is 2. The van der Waals surface area contributed by atoms with Crippen LogP contribution >= 0.6 is 0 Å². The van der Waals surface area contributed by atoms with Crippen molar-refractivity contribution in [2.45, 2.75) is 59.0 Å². The number of aliphatic carboxylic acids is 2. The van der Waals surface area contributed by atoms with Gasteiger partial charge in [-0.3, -0.25) is 4.79 Å². The summed E-state index contributed by atoms with van der Waals surface area (Å²) in [5, 5.41) is 18.3. The minimum Gasteiger partial charge on any atom is -0.481 e. The van der Waals surface area contributed by atoms with Crippen molar-refractivity contribution in [3.05, 3.63) is 0 Å². The molecule has 1 unspecified atom stereocenters. The summed E-state index contributed by atoms with van der Waals surface area (Å²) in [5.41, 5.74) is -1.59. The Labute approximate surface area is 115 Å². The van der Waals surface area contributed by atoms with Crippen LogP contribution in [0.1, 0.15) is 53.4 Å². The zero-order valence-electron chi connectivity index (χ0n) is 12.3. The topological polar surface area (TPSA) is 83.8 Å². The SMILES string of the molecule is CC(C)CCOC(CCC(C)C)(CC(=O)O)C(=O)O. The fraction of sp³-hybridized carbons (Fsp3) is 0.857. The smallest absolute Gasteiger partial charge is 0.336 e. The Morgan fingerprint density at radius 1 is 1.05 bits per heavy atom. The minimum atomic E-state index is -1.59. The van der Waals surface area contributed by atoms with E-state index in [9.17, 15) is 14.7 Å². The number of hydrogen-bond acceptors (Lipinski definition) is 3. The third kappa shape index (κ3) is 7.15. The van der Waals surface area contributed by atoms with Crippen LogP contribution in [0.2, 0.25) is 0 Å². The minimum absolute atomic E-state index is 0.227. The van der Waals surface area contributed by atoms with Gasteiger partial charge in [0.05, 0.1) is 6.42 Å². The summed E-state index contributed by atoms with van der Waals surface area (Å²) in [5.74, 6) is -1.63. The highest BCUT2D eigenvalue weighted by Gasteiger charge is 2.41. The maximum Gasteiger partial charge on any atom is 0.336 e. The van der Waals surface area contributed by atoms with Gasteiger partial charge in [-0.05, 0) is 31.1 Å². The molecule has 0 rings (SSSR count). The van der Waals surface area contributed by atoms with Gasteiger partial charge in [0.25, 0.3) is 0 Å². The third-order valence-corrected chi connectivity index (χ3v) is 3.03. The quantitative estimate of drug-likeness (QED) is 0.640. The standard InChI is InChI=1S/C14H26O5/c1-10(2)5-7-14(13(17)18,9-12(15)16)19-8-6-11(3)4/h10-11H,5-9H2,1-4H3,(H,15,16)(H,17,18). The second-order valence-corrected chi connectivity index (χ2v) is 5.83. The molecule has 112 valence electrons. The summed E-state index contributed by atoms with van der Waals surface area (Å²) in [7, 11) is 0. The Bertz CT molecular complexity index is 298. The fourth-order valence-electron chi connectivity index (χ4n) is 1.71. The number of carboxylic acid groups (broad SMARTS) is 2. The molecule has 0 aromatic carbocycles. The van der Waals surface area contributed by atoms with Gasteiger partial charge in [-0.15, -0.1) is 0 Å². The maximum absolute atomic E-state index is 11.5. The van der Waals surface area contributed by atoms with Gasteiger partial charge in [0.15, 0.2) is 5.60 Å². The molecular formula is C14H26O5. The van der Waals surface area contributed by atoms with Crippen LogP contribution in [-0.4, -0.2) is 34.4 Å². The van der Waals surface area contributed by atoms with E-state index in [-0.39, 0.29) is 13.0 Å². The van der Waals surface area contributed by atoms with Crippen molar-refractivity contribution in [1.82, 2.24) is 0 Å². The lowest BCUT2D eigenvalue weighted by atomic mass is 9.90. The Morgan fingerprint density at radius 3 is 1.95 bits per heavy atom. The second kappa shape index (κ2) is 8.15. The monoisotopic (exact) mass is 274 g/mol. The van der Waals surface area contributed by atoms with Gasteiger partial charge in [0.2, 0.25) is 0 Å². The number of ether oxygens (including phenoxy) is 1. The lowest BCUT2D eigenvalue weighted by Crippen LogP contribution is -2.44. The molecule has 0 bridgehead atoms. The molecule has 0 heterocycles. The van der Waals surface area contributed by atoms with E-state index in [1.54, 1.807) is 0 Å². The fourth-order valence-corrected chi connectivity index (χ4v) is 1.71. The second-order valence-electron chi connectivity index (χ2n) is 5.83. The molecule has 1 atom stereocenters. The first-order valence-corrected chi connectivity index (χ1v) is 6.78. The van der Waals surface area contributed by atoms with Crippen LogP contribution in [0.15, 0.2) is 0 Å². The van der Waals surface area contributed by atoms with Crippen LogP contribution in [-0.2, 0) is 14.3 Å². The average molecular weight is 274 g/mol. The predicted octanol–water partition coefficient (Wildman–Crippen LogP) is 2.78. The summed E-state index contributed by atoms with van der Waals surface area (Å²) in [6.45, 7) is 8.24. The highest BCUT2D eigenvalue weighted by atomic mass is 16.5. The number of carboxylic acids is 2. The molecule has 0 saturated carbocycles. The van der Waals surface area contributed by atoms with Crippen molar-refractivity contribution in [2.24, 2.45) is 11.8 Å². The van der Waals surface area contributed by atoms with E-state index in [0.29, 0.717) is 18.3 Å². The van der Waals surface area contributed by atoms with Gasteiger partial charge >= 0.3 is 11.9 Å². The van der Waals surface area contributed by atoms with E-state index >= 15 is 0 Å². The molecule has 0 spiro atoms. The predicted molar refractivity (Wildman–Crippen MR) is 72.1 cm³/mol. The summed E-state index contributed by atoms with van der Waals surface area (Å²) in [6.07, 6.45) is 1.08. The van der Waals surface area contributed by atoms with Gasteiger partial charge in [-0.25, -0.2) is 4.79 Å². The van der Waals surface area contributed by atoms with Crippen LogP contribution in [0.25, 0.3) is 0 Å². The molecule has 5 nitrogen and oxygen atoms in total. The van der Waals surface area contributed by atoms with E-state index in [4.69, 9.17) is 9.84 Å². The van der Waals surface area contributed by atoms with E-state index in [1.165, 1.54) is 0 Å². The summed E-state index contributed by atoms with van der Waals surface area (Å²) in [6, 6.07) is 0. The van der Waals surface area contributed by atoms with E-state index < -0.39 is 24.0 Å². The van der Waals surface area contributed by atoms with E-state index in [0.717, 1.165) is 6.42 Å². The van der Waals surface area contributed by atoms with Crippen molar-refractivity contribution in [2.75, 3.05) is 6.61 Å². The van der Waals surface area contributed by atoms with Crippen LogP contribution in [0.3, 0.4) is 0 Å². The highest BCUT2D eigenvalue weighted by Crippen LogP contribution is 2.26. The summed E-state index contributed by atoms with van der Waals surface area (Å²) < 4.78 is 5.48. The van der Waals surface area contributed by atoms with Crippen molar-refractivity contribution >= 4 is 11.9 Å². The highest BCUT2D eigenvalue weighted by molar-refractivity contribution is 5.83. The molecule has 0 aliphatic heterocycles. The van der Waals surface area contributed by atoms with Crippen LogP contribution in [0.5, 0.6) is 0 Å². The zero-order valence-corrected chi connectivity index (χ0v) is 12.3.